The third kappa shape index (κ3) is 2.88. The van der Waals surface area contributed by atoms with E-state index in [0.29, 0.717) is 0 Å². The SMILES string of the molecule is NC(=O)CCOc1c(N)cccc1C(=O)O. The fourth-order valence-corrected chi connectivity index (χ4v) is 1.14. The van der Waals surface area contributed by atoms with Crippen molar-refractivity contribution in [1.82, 2.24) is 0 Å². The Hall–Kier alpha value is -2.24. The number of amides is 1. The molecule has 0 bridgehead atoms. The number of hydrogen-bond acceptors (Lipinski definition) is 4. The Bertz CT molecular complexity index is 417. The molecule has 0 fully saturated rings. The summed E-state index contributed by atoms with van der Waals surface area (Å²) in [5.41, 5.74) is 10.7. The molecule has 0 radical (unpaired) electrons. The maximum Gasteiger partial charge on any atom is 0.339 e. The molecule has 6 heteroatoms. The van der Waals surface area contributed by atoms with Crippen molar-refractivity contribution in [3.63, 3.8) is 0 Å². The summed E-state index contributed by atoms with van der Waals surface area (Å²) in [5.74, 6) is -1.59. The van der Waals surface area contributed by atoms with E-state index in [1.807, 2.05) is 0 Å². The molecule has 0 spiro atoms. The molecule has 0 saturated carbocycles. The summed E-state index contributed by atoms with van der Waals surface area (Å²) < 4.78 is 5.13. The number of rotatable bonds is 5. The summed E-state index contributed by atoms with van der Waals surface area (Å²) >= 11 is 0. The molecule has 0 aliphatic carbocycles. The molecule has 0 heterocycles. The molecule has 1 aromatic rings. The minimum Gasteiger partial charge on any atom is -0.490 e. The van der Waals surface area contributed by atoms with E-state index in [1.54, 1.807) is 0 Å². The van der Waals surface area contributed by atoms with Gasteiger partial charge < -0.3 is 21.3 Å². The van der Waals surface area contributed by atoms with Gasteiger partial charge in [-0.3, -0.25) is 4.79 Å². The summed E-state index contributed by atoms with van der Waals surface area (Å²) in [6.07, 6.45) is 0.00733. The highest BCUT2D eigenvalue weighted by molar-refractivity contribution is 5.93. The van der Waals surface area contributed by atoms with Gasteiger partial charge in [0.05, 0.1) is 18.7 Å². The standard InChI is InChI=1S/C10H12N2O4/c11-7-3-1-2-6(10(14)15)9(7)16-5-4-8(12)13/h1-3H,4-5,11H2,(H2,12,13)(H,14,15). The van der Waals surface area contributed by atoms with E-state index < -0.39 is 11.9 Å². The van der Waals surface area contributed by atoms with E-state index in [1.165, 1.54) is 18.2 Å². The minimum atomic E-state index is -1.14. The molecule has 1 amide bonds. The molecule has 1 rings (SSSR count). The number of nitrogen functional groups attached to an aromatic ring is 1. The smallest absolute Gasteiger partial charge is 0.339 e. The van der Waals surface area contributed by atoms with Crippen molar-refractivity contribution in [2.45, 2.75) is 6.42 Å². The first-order chi connectivity index (χ1) is 7.52. The second-order valence-corrected chi connectivity index (χ2v) is 3.09. The maximum atomic E-state index is 10.8. The van der Waals surface area contributed by atoms with Gasteiger partial charge in [0.2, 0.25) is 5.91 Å². The quantitative estimate of drug-likeness (QED) is 0.619. The minimum absolute atomic E-state index is 0.00380. The van der Waals surface area contributed by atoms with Crippen LogP contribution in [0.1, 0.15) is 16.8 Å². The normalized spacial score (nSPS) is 9.75. The van der Waals surface area contributed by atoms with E-state index in [9.17, 15) is 9.59 Å². The van der Waals surface area contributed by atoms with Crippen LogP contribution in [0.5, 0.6) is 5.75 Å². The molecule has 0 atom stereocenters. The number of carboxylic acids is 1. The zero-order valence-electron chi connectivity index (χ0n) is 8.47. The zero-order chi connectivity index (χ0) is 12.1. The lowest BCUT2D eigenvalue weighted by Gasteiger charge is -2.10. The third-order valence-electron chi connectivity index (χ3n) is 1.87. The third-order valence-corrected chi connectivity index (χ3v) is 1.87. The molecular weight excluding hydrogens is 212 g/mol. The monoisotopic (exact) mass is 224 g/mol. The van der Waals surface area contributed by atoms with E-state index in [4.69, 9.17) is 21.3 Å². The highest BCUT2D eigenvalue weighted by Gasteiger charge is 2.13. The van der Waals surface area contributed by atoms with Gasteiger partial charge in [0.1, 0.15) is 5.56 Å². The molecule has 16 heavy (non-hydrogen) atoms. The van der Waals surface area contributed by atoms with Gasteiger partial charge in [-0.25, -0.2) is 4.79 Å². The predicted octanol–water partition coefficient (Wildman–Crippen LogP) is 0.221. The predicted molar refractivity (Wildman–Crippen MR) is 57.1 cm³/mol. The number of benzene rings is 1. The van der Waals surface area contributed by atoms with Crippen molar-refractivity contribution in [1.29, 1.82) is 0 Å². The Balaban J connectivity index is 2.84. The number of primary amides is 1. The van der Waals surface area contributed by atoms with Gasteiger partial charge in [0, 0.05) is 0 Å². The van der Waals surface area contributed by atoms with Crippen LogP contribution in [0.3, 0.4) is 0 Å². The lowest BCUT2D eigenvalue weighted by atomic mass is 10.2. The van der Waals surface area contributed by atoms with Crippen molar-refractivity contribution in [2.24, 2.45) is 5.73 Å². The van der Waals surface area contributed by atoms with Crippen LogP contribution in [0.25, 0.3) is 0 Å². The van der Waals surface area contributed by atoms with Crippen molar-refractivity contribution in [3.05, 3.63) is 23.8 Å². The molecule has 6 nitrogen and oxygen atoms in total. The summed E-state index contributed by atoms with van der Waals surface area (Å²) in [5, 5.41) is 8.87. The van der Waals surface area contributed by atoms with Crippen LogP contribution in [-0.2, 0) is 4.79 Å². The van der Waals surface area contributed by atoms with Gasteiger partial charge in [0.15, 0.2) is 5.75 Å². The summed E-state index contributed by atoms with van der Waals surface area (Å²) in [6.45, 7) is 0.00380. The Morgan fingerprint density at radius 3 is 2.62 bits per heavy atom. The van der Waals surface area contributed by atoms with Gasteiger partial charge in [-0.1, -0.05) is 6.07 Å². The molecule has 1 aromatic carbocycles. The molecule has 86 valence electrons. The average Bonchev–Trinajstić information content (AvgIpc) is 2.19. The van der Waals surface area contributed by atoms with E-state index in [-0.39, 0.29) is 30.0 Å². The van der Waals surface area contributed by atoms with Crippen LogP contribution in [-0.4, -0.2) is 23.6 Å². The largest absolute Gasteiger partial charge is 0.490 e. The Kier molecular flexibility index (Phi) is 3.71. The van der Waals surface area contributed by atoms with Crippen molar-refractivity contribution < 1.29 is 19.4 Å². The van der Waals surface area contributed by atoms with Crippen LogP contribution < -0.4 is 16.2 Å². The number of carbonyl (C=O) groups is 2. The topological polar surface area (TPSA) is 116 Å². The van der Waals surface area contributed by atoms with E-state index in [0.717, 1.165) is 0 Å². The molecule has 0 unspecified atom stereocenters. The number of para-hydroxylation sites is 1. The Morgan fingerprint density at radius 1 is 1.38 bits per heavy atom. The van der Waals surface area contributed by atoms with Gasteiger partial charge in [-0.15, -0.1) is 0 Å². The Morgan fingerprint density at radius 2 is 2.06 bits per heavy atom. The zero-order valence-corrected chi connectivity index (χ0v) is 8.47. The first-order valence-corrected chi connectivity index (χ1v) is 4.55. The fourth-order valence-electron chi connectivity index (χ4n) is 1.14. The Labute approximate surface area is 91.8 Å². The first-order valence-electron chi connectivity index (χ1n) is 4.55. The number of carbonyl (C=O) groups excluding carboxylic acids is 1. The van der Waals surface area contributed by atoms with Crippen LogP contribution in [0, 0.1) is 0 Å². The van der Waals surface area contributed by atoms with Crippen LogP contribution in [0.2, 0.25) is 0 Å². The van der Waals surface area contributed by atoms with E-state index in [2.05, 4.69) is 0 Å². The second kappa shape index (κ2) is 5.01. The van der Waals surface area contributed by atoms with Crippen molar-refractivity contribution in [3.8, 4) is 5.75 Å². The number of anilines is 1. The van der Waals surface area contributed by atoms with Crippen molar-refractivity contribution >= 4 is 17.6 Å². The fraction of sp³-hybridized carbons (Fsp3) is 0.200. The lowest BCUT2D eigenvalue weighted by Crippen LogP contribution is -2.16. The lowest BCUT2D eigenvalue weighted by molar-refractivity contribution is -0.118. The summed E-state index contributed by atoms with van der Waals surface area (Å²) in [4.78, 5) is 21.3. The molecule has 0 aliphatic heterocycles. The summed E-state index contributed by atoms with van der Waals surface area (Å²) in [6, 6.07) is 4.41. The number of nitrogens with two attached hydrogens (primary N) is 2. The highest BCUT2D eigenvalue weighted by Crippen LogP contribution is 2.26. The van der Waals surface area contributed by atoms with Crippen LogP contribution in [0.4, 0.5) is 5.69 Å². The molecular formula is C10H12N2O4. The van der Waals surface area contributed by atoms with E-state index >= 15 is 0 Å². The number of hydrogen-bond donors (Lipinski definition) is 3. The second-order valence-electron chi connectivity index (χ2n) is 3.09. The number of aromatic carboxylic acids is 1. The van der Waals surface area contributed by atoms with Gasteiger partial charge in [0.25, 0.3) is 0 Å². The number of ether oxygens (including phenoxy) is 1. The average molecular weight is 224 g/mol. The van der Waals surface area contributed by atoms with Gasteiger partial charge in [-0.2, -0.15) is 0 Å². The number of carboxylic acid groups (broad SMARTS) is 1. The highest BCUT2D eigenvalue weighted by atomic mass is 16.5. The molecule has 0 aliphatic rings. The molecule has 0 aromatic heterocycles. The molecule has 5 N–H and O–H groups in total. The summed E-state index contributed by atoms with van der Waals surface area (Å²) in [7, 11) is 0. The molecule has 0 saturated heterocycles. The first kappa shape index (κ1) is 11.8. The van der Waals surface area contributed by atoms with Gasteiger partial charge in [-0.05, 0) is 12.1 Å². The van der Waals surface area contributed by atoms with Crippen LogP contribution in [0.15, 0.2) is 18.2 Å². The van der Waals surface area contributed by atoms with Gasteiger partial charge >= 0.3 is 5.97 Å². The van der Waals surface area contributed by atoms with Crippen molar-refractivity contribution in [2.75, 3.05) is 12.3 Å². The van der Waals surface area contributed by atoms with Crippen LogP contribution >= 0.6 is 0 Å². The maximum absolute atomic E-state index is 10.8.